The fourth-order valence-corrected chi connectivity index (χ4v) is 2.13. The quantitative estimate of drug-likeness (QED) is 0.767. The maximum Gasteiger partial charge on any atom is 0.347 e. The number of methoxy groups -OCH3 is 1. The molecule has 0 heterocycles. The highest BCUT2D eigenvalue weighted by molar-refractivity contribution is 5.94. The summed E-state index contributed by atoms with van der Waals surface area (Å²) in [6.07, 6.45) is -0.943. The number of benzene rings is 2. The number of rotatable bonds is 7. The fourth-order valence-electron chi connectivity index (χ4n) is 2.13. The van der Waals surface area contributed by atoms with E-state index in [1.165, 1.54) is 38.3 Å². The third-order valence-corrected chi connectivity index (χ3v) is 3.43. The van der Waals surface area contributed by atoms with Gasteiger partial charge in [-0.15, -0.1) is 0 Å². The van der Waals surface area contributed by atoms with Gasteiger partial charge in [0.1, 0.15) is 17.3 Å². The molecule has 6 nitrogen and oxygen atoms in total. The van der Waals surface area contributed by atoms with E-state index in [1.54, 1.807) is 12.1 Å². The molecule has 0 radical (unpaired) electrons. The molecule has 0 unspecified atom stereocenters. The normalized spacial score (nSPS) is 11.4. The Labute approximate surface area is 150 Å². The lowest BCUT2D eigenvalue weighted by atomic mass is 10.2. The molecule has 1 N–H and O–H groups in total. The van der Waals surface area contributed by atoms with Gasteiger partial charge in [0.05, 0.1) is 12.8 Å². The van der Waals surface area contributed by atoms with Gasteiger partial charge in [-0.2, -0.15) is 0 Å². The Bertz CT molecular complexity index is 776. The van der Waals surface area contributed by atoms with Crippen LogP contribution in [-0.2, 0) is 14.3 Å². The van der Waals surface area contributed by atoms with Crippen LogP contribution in [0.3, 0.4) is 0 Å². The zero-order chi connectivity index (χ0) is 19.1. The Kier molecular flexibility index (Phi) is 6.54. The zero-order valence-corrected chi connectivity index (χ0v) is 14.7. The monoisotopic (exact) mass is 361 g/mol. The minimum absolute atomic E-state index is 0.324. The molecule has 0 saturated heterocycles. The van der Waals surface area contributed by atoms with Gasteiger partial charge in [0.15, 0.2) is 12.7 Å². The predicted octanol–water partition coefficient (Wildman–Crippen LogP) is 3.09. The van der Waals surface area contributed by atoms with Crippen molar-refractivity contribution in [1.29, 1.82) is 0 Å². The van der Waals surface area contributed by atoms with Crippen LogP contribution >= 0.6 is 0 Å². The maximum absolute atomic E-state index is 12.8. The van der Waals surface area contributed by atoms with Crippen molar-refractivity contribution in [3.63, 3.8) is 0 Å². The Morgan fingerprint density at radius 1 is 1.15 bits per heavy atom. The number of ether oxygens (including phenoxy) is 3. The number of carbonyl (C=O) groups is 2. The number of hydrogen-bond donors (Lipinski definition) is 1. The van der Waals surface area contributed by atoms with Gasteiger partial charge < -0.3 is 19.5 Å². The van der Waals surface area contributed by atoms with E-state index in [2.05, 4.69) is 5.32 Å². The molecular weight excluding hydrogens is 341 g/mol. The van der Waals surface area contributed by atoms with Gasteiger partial charge in [-0.25, -0.2) is 9.18 Å². The summed E-state index contributed by atoms with van der Waals surface area (Å²) in [5, 5.41) is 2.63. The molecule has 2 aromatic rings. The summed E-state index contributed by atoms with van der Waals surface area (Å²) in [6, 6.07) is 10.6. The van der Waals surface area contributed by atoms with Crippen molar-refractivity contribution in [3.05, 3.63) is 53.8 Å². The number of amides is 1. The van der Waals surface area contributed by atoms with Gasteiger partial charge in [0.25, 0.3) is 5.91 Å². The zero-order valence-electron chi connectivity index (χ0n) is 14.7. The lowest BCUT2D eigenvalue weighted by Gasteiger charge is -2.14. The fraction of sp³-hybridized carbons (Fsp3) is 0.263. The first-order valence-electron chi connectivity index (χ1n) is 7.92. The number of aryl methyl sites for hydroxylation is 1. The second kappa shape index (κ2) is 8.84. The lowest BCUT2D eigenvalue weighted by Crippen LogP contribution is -2.29. The van der Waals surface area contributed by atoms with Gasteiger partial charge in [-0.1, -0.05) is 6.07 Å². The van der Waals surface area contributed by atoms with E-state index in [1.807, 2.05) is 13.0 Å². The highest BCUT2D eigenvalue weighted by atomic mass is 19.1. The van der Waals surface area contributed by atoms with Crippen molar-refractivity contribution < 1.29 is 28.2 Å². The van der Waals surface area contributed by atoms with Gasteiger partial charge >= 0.3 is 5.97 Å². The Balaban J connectivity index is 1.85. The number of hydrogen-bond acceptors (Lipinski definition) is 5. The number of anilines is 1. The summed E-state index contributed by atoms with van der Waals surface area (Å²) in [5.74, 6) is -0.791. The van der Waals surface area contributed by atoms with Crippen LogP contribution in [0, 0.1) is 12.7 Å². The van der Waals surface area contributed by atoms with Crippen LogP contribution < -0.4 is 14.8 Å². The first kappa shape index (κ1) is 19.2. The van der Waals surface area contributed by atoms with Crippen molar-refractivity contribution >= 4 is 17.6 Å². The van der Waals surface area contributed by atoms with Gasteiger partial charge in [-0.3, -0.25) is 4.79 Å². The highest BCUT2D eigenvalue weighted by Gasteiger charge is 2.18. The van der Waals surface area contributed by atoms with Gasteiger partial charge in [-0.05, 0) is 55.8 Å². The molecule has 2 aromatic carbocycles. The van der Waals surface area contributed by atoms with Crippen molar-refractivity contribution in [2.24, 2.45) is 0 Å². The minimum Gasteiger partial charge on any atom is -0.495 e. The van der Waals surface area contributed by atoms with Crippen LogP contribution in [0.25, 0.3) is 0 Å². The molecule has 0 aliphatic rings. The molecular formula is C19H20FNO5. The number of nitrogens with one attached hydrogen (secondary N) is 1. The van der Waals surface area contributed by atoms with Gasteiger partial charge in [0.2, 0.25) is 0 Å². The molecule has 0 bridgehead atoms. The third kappa shape index (κ3) is 5.47. The third-order valence-electron chi connectivity index (χ3n) is 3.43. The van der Waals surface area contributed by atoms with Crippen LogP contribution in [0.1, 0.15) is 12.5 Å². The first-order chi connectivity index (χ1) is 12.4. The average molecular weight is 361 g/mol. The lowest BCUT2D eigenvalue weighted by molar-refractivity contribution is -0.153. The highest BCUT2D eigenvalue weighted by Crippen LogP contribution is 2.25. The summed E-state index contributed by atoms with van der Waals surface area (Å²) in [7, 11) is 1.49. The van der Waals surface area contributed by atoms with E-state index in [0.717, 1.165) is 5.56 Å². The molecule has 7 heteroatoms. The SMILES string of the molecule is COc1ccc(C)cc1NC(=O)COC(=O)[C@H](C)Oc1ccc(F)cc1. The molecule has 0 spiro atoms. The minimum atomic E-state index is -0.943. The molecule has 138 valence electrons. The van der Waals surface area contributed by atoms with Crippen LogP contribution in [0.2, 0.25) is 0 Å². The molecule has 0 fully saturated rings. The van der Waals surface area contributed by atoms with E-state index in [0.29, 0.717) is 17.2 Å². The van der Waals surface area contributed by atoms with Crippen molar-refractivity contribution in [1.82, 2.24) is 0 Å². The summed E-state index contributed by atoms with van der Waals surface area (Å²) < 4.78 is 28.3. The van der Waals surface area contributed by atoms with Crippen molar-refractivity contribution in [2.75, 3.05) is 19.0 Å². The van der Waals surface area contributed by atoms with E-state index in [9.17, 15) is 14.0 Å². The van der Waals surface area contributed by atoms with Crippen LogP contribution in [-0.4, -0.2) is 31.7 Å². The molecule has 0 aromatic heterocycles. The largest absolute Gasteiger partial charge is 0.495 e. The van der Waals surface area contributed by atoms with Crippen LogP contribution in [0.5, 0.6) is 11.5 Å². The molecule has 0 saturated carbocycles. The van der Waals surface area contributed by atoms with Crippen molar-refractivity contribution in [3.8, 4) is 11.5 Å². The summed E-state index contributed by atoms with van der Waals surface area (Å²) >= 11 is 0. The van der Waals surface area contributed by atoms with E-state index in [-0.39, 0.29) is 0 Å². The van der Waals surface area contributed by atoms with Gasteiger partial charge in [0, 0.05) is 0 Å². The Morgan fingerprint density at radius 2 is 1.85 bits per heavy atom. The summed E-state index contributed by atoms with van der Waals surface area (Å²) in [6.45, 7) is 2.89. The van der Waals surface area contributed by atoms with E-state index >= 15 is 0 Å². The number of halogens is 1. The summed E-state index contributed by atoms with van der Waals surface area (Å²) in [5.41, 5.74) is 1.43. The predicted molar refractivity (Wildman–Crippen MR) is 93.8 cm³/mol. The Hall–Kier alpha value is -3.09. The van der Waals surface area contributed by atoms with Crippen LogP contribution in [0.4, 0.5) is 10.1 Å². The maximum atomic E-state index is 12.8. The average Bonchev–Trinajstić information content (AvgIpc) is 2.61. The van der Waals surface area contributed by atoms with Crippen LogP contribution in [0.15, 0.2) is 42.5 Å². The topological polar surface area (TPSA) is 73.9 Å². The standard InChI is InChI=1S/C19H20FNO5/c1-12-4-9-17(24-3)16(10-12)21-18(22)11-25-19(23)13(2)26-15-7-5-14(20)6-8-15/h4-10,13H,11H2,1-3H3,(H,21,22)/t13-/m0/s1. The summed E-state index contributed by atoms with van der Waals surface area (Å²) in [4.78, 5) is 23.9. The Morgan fingerprint density at radius 3 is 2.50 bits per heavy atom. The molecule has 1 atom stereocenters. The molecule has 0 aliphatic carbocycles. The first-order valence-corrected chi connectivity index (χ1v) is 7.92. The molecule has 26 heavy (non-hydrogen) atoms. The molecule has 2 rings (SSSR count). The van der Waals surface area contributed by atoms with Crippen molar-refractivity contribution in [2.45, 2.75) is 20.0 Å². The van der Waals surface area contributed by atoms with E-state index < -0.39 is 30.4 Å². The smallest absolute Gasteiger partial charge is 0.347 e. The number of carbonyl (C=O) groups excluding carboxylic acids is 2. The number of esters is 1. The van der Waals surface area contributed by atoms with E-state index in [4.69, 9.17) is 14.2 Å². The second-order valence-corrected chi connectivity index (χ2v) is 5.57. The second-order valence-electron chi connectivity index (χ2n) is 5.57. The molecule has 1 amide bonds. The molecule has 0 aliphatic heterocycles.